The molecule has 1 atom stereocenters. The number of ether oxygens (including phenoxy) is 1. The molecular weight excluding hydrogens is 495 g/mol. The minimum Gasteiger partial charge on any atom is -0.427 e. The standard InChI is InChI=1S/C29H24F2NO2PS/c30-25-14-9-21(17-27(25)35)24-13-6-19(16-26(24)31)4-2-1-3-5-29(33)34-22-10-7-20(8-11-22)28-15-12-23(18-32)36-28/h6-17H,1-5,35H2. The van der Waals surface area contributed by atoms with Crippen LogP contribution in [0.3, 0.4) is 0 Å². The number of rotatable bonds is 9. The van der Waals surface area contributed by atoms with Crippen LogP contribution in [0.15, 0.2) is 72.8 Å². The van der Waals surface area contributed by atoms with Gasteiger partial charge in [-0.3, -0.25) is 4.79 Å². The largest absolute Gasteiger partial charge is 0.427 e. The van der Waals surface area contributed by atoms with E-state index in [9.17, 15) is 13.6 Å². The lowest BCUT2D eigenvalue weighted by atomic mass is 10.0. The Balaban J connectivity index is 1.20. The molecule has 1 heterocycles. The second kappa shape index (κ2) is 12.0. The van der Waals surface area contributed by atoms with Gasteiger partial charge in [0.25, 0.3) is 0 Å². The Kier molecular flexibility index (Phi) is 8.59. The molecule has 182 valence electrons. The van der Waals surface area contributed by atoms with Crippen LogP contribution in [0.5, 0.6) is 5.75 Å². The van der Waals surface area contributed by atoms with E-state index in [4.69, 9.17) is 10.00 Å². The monoisotopic (exact) mass is 519 g/mol. The van der Waals surface area contributed by atoms with Gasteiger partial charge in [0.2, 0.25) is 0 Å². The summed E-state index contributed by atoms with van der Waals surface area (Å²) in [7, 11) is 2.32. The Morgan fingerprint density at radius 1 is 0.889 bits per heavy atom. The zero-order chi connectivity index (χ0) is 25.5. The van der Waals surface area contributed by atoms with Crippen LogP contribution in [0.1, 0.15) is 36.1 Å². The predicted molar refractivity (Wildman–Crippen MR) is 143 cm³/mol. The zero-order valence-electron chi connectivity index (χ0n) is 19.5. The number of aryl methyl sites for hydroxylation is 1. The number of hydrogen-bond acceptors (Lipinski definition) is 4. The number of carbonyl (C=O) groups excluding carboxylic acids is 1. The number of esters is 1. The Bertz CT molecular complexity index is 1410. The molecule has 4 rings (SSSR count). The van der Waals surface area contributed by atoms with Crippen LogP contribution in [-0.2, 0) is 11.2 Å². The third-order valence-electron chi connectivity index (χ3n) is 5.77. The number of unbranched alkanes of at least 4 members (excludes halogenated alkanes) is 2. The first-order chi connectivity index (χ1) is 17.4. The highest BCUT2D eigenvalue weighted by molar-refractivity contribution is 7.27. The van der Waals surface area contributed by atoms with E-state index in [0.29, 0.717) is 46.3 Å². The Hall–Kier alpha value is -3.39. The van der Waals surface area contributed by atoms with E-state index < -0.39 is 0 Å². The van der Waals surface area contributed by atoms with E-state index in [2.05, 4.69) is 15.3 Å². The van der Waals surface area contributed by atoms with Crippen LogP contribution < -0.4 is 10.0 Å². The fourth-order valence-corrected chi connectivity index (χ4v) is 4.94. The van der Waals surface area contributed by atoms with E-state index in [1.807, 2.05) is 24.3 Å². The predicted octanol–water partition coefficient (Wildman–Crippen LogP) is 7.44. The number of nitriles is 1. The Labute approximate surface area is 215 Å². The van der Waals surface area contributed by atoms with Crippen molar-refractivity contribution in [1.82, 2.24) is 0 Å². The van der Waals surface area contributed by atoms with Crippen molar-refractivity contribution in [2.24, 2.45) is 0 Å². The molecule has 0 saturated heterocycles. The summed E-state index contributed by atoms with van der Waals surface area (Å²) in [4.78, 5) is 13.8. The third kappa shape index (κ3) is 6.63. The fraction of sp³-hybridized carbons (Fsp3) is 0.172. The van der Waals surface area contributed by atoms with Crippen LogP contribution in [0, 0.1) is 23.0 Å². The SMILES string of the molecule is N#Cc1ccc(-c2ccc(OC(=O)CCCCCc3ccc(-c4ccc(F)c(P)c4)c(F)c3)cc2)s1. The van der Waals surface area contributed by atoms with Crippen molar-refractivity contribution in [2.75, 3.05) is 0 Å². The van der Waals surface area contributed by atoms with Crippen LogP contribution in [-0.4, -0.2) is 5.97 Å². The first-order valence-corrected chi connectivity index (χ1v) is 13.0. The van der Waals surface area contributed by atoms with Crippen LogP contribution in [0.25, 0.3) is 21.6 Å². The van der Waals surface area contributed by atoms with Gasteiger partial charge in [0.15, 0.2) is 0 Å². The summed E-state index contributed by atoms with van der Waals surface area (Å²) >= 11 is 1.42. The molecule has 0 bridgehead atoms. The summed E-state index contributed by atoms with van der Waals surface area (Å²) in [6, 6.07) is 22.7. The lowest BCUT2D eigenvalue weighted by Gasteiger charge is -2.08. The molecule has 0 N–H and O–H groups in total. The average molecular weight is 520 g/mol. The molecule has 36 heavy (non-hydrogen) atoms. The van der Waals surface area contributed by atoms with Crippen LogP contribution >= 0.6 is 20.6 Å². The summed E-state index contributed by atoms with van der Waals surface area (Å²) in [6.07, 6.45) is 3.37. The molecule has 0 aliphatic heterocycles. The minimum absolute atomic E-state index is 0.284. The second-order valence-corrected chi connectivity index (χ2v) is 10.1. The highest BCUT2D eigenvalue weighted by Gasteiger charge is 2.10. The van der Waals surface area contributed by atoms with Gasteiger partial charge in [0, 0.05) is 22.2 Å². The highest BCUT2D eigenvalue weighted by atomic mass is 32.1. The molecule has 0 saturated carbocycles. The quantitative estimate of drug-likeness (QED) is 0.0999. The molecule has 0 aliphatic carbocycles. The maximum absolute atomic E-state index is 14.6. The van der Waals surface area contributed by atoms with Crippen molar-refractivity contribution in [3.05, 3.63) is 94.9 Å². The van der Waals surface area contributed by atoms with Crippen LogP contribution in [0.4, 0.5) is 8.78 Å². The topological polar surface area (TPSA) is 50.1 Å². The number of halogens is 2. The van der Waals surface area contributed by atoms with E-state index in [1.165, 1.54) is 23.5 Å². The number of hydrogen-bond donors (Lipinski definition) is 0. The average Bonchev–Trinajstić information content (AvgIpc) is 3.36. The molecule has 0 radical (unpaired) electrons. The fourth-order valence-electron chi connectivity index (χ4n) is 3.86. The molecule has 7 heteroatoms. The normalized spacial score (nSPS) is 10.7. The third-order valence-corrected chi connectivity index (χ3v) is 7.25. The number of thiophene rings is 1. The van der Waals surface area contributed by atoms with Gasteiger partial charge in [-0.25, -0.2) is 8.78 Å². The molecule has 3 aromatic carbocycles. The van der Waals surface area contributed by atoms with Gasteiger partial charge in [-0.05, 0) is 90.6 Å². The summed E-state index contributed by atoms with van der Waals surface area (Å²) in [6.45, 7) is 0. The molecule has 1 unspecified atom stereocenters. The van der Waals surface area contributed by atoms with Crippen molar-refractivity contribution >= 4 is 31.9 Å². The molecule has 3 nitrogen and oxygen atoms in total. The van der Waals surface area contributed by atoms with Gasteiger partial charge < -0.3 is 4.74 Å². The van der Waals surface area contributed by atoms with Gasteiger partial charge in [-0.1, -0.05) is 24.6 Å². The maximum Gasteiger partial charge on any atom is 0.311 e. The van der Waals surface area contributed by atoms with Gasteiger partial charge in [0.05, 0.1) is 0 Å². The Morgan fingerprint density at radius 2 is 1.67 bits per heavy atom. The van der Waals surface area contributed by atoms with Gasteiger partial charge >= 0.3 is 5.97 Å². The molecular formula is C29H24F2NO2PS. The summed E-state index contributed by atoms with van der Waals surface area (Å²) in [5, 5.41) is 9.36. The van der Waals surface area contributed by atoms with Gasteiger partial charge in [0.1, 0.15) is 28.3 Å². The second-order valence-electron chi connectivity index (χ2n) is 8.39. The van der Waals surface area contributed by atoms with Crippen molar-refractivity contribution < 1.29 is 18.3 Å². The number of nitrogens with zero attached hydrogens (tertiary/aromatic N) is 1. The van der Waals surface area contributed by atoms with Crippen molar-refractivity contribution in [3.63, 3.8) is 0 Å². The number of benzene rings is 3. The Morgan fingerprint density at radius 3 is 2.36 bits per heavy atom. The smallest absolute Gasteiger partial charge is 0.311 e. The van der Waals surface area contributed by atoms with Gasteiger partial charge in [-0.15, -0.1) is 20.6 Å². The van der Waals surface area contributed by atoms with E-state index in [1.54, 1.807) is 36.4 Å². The summed E-state index contributed by atoms with van der Waals surface area (Å²) < 4.78 is 33.5. The molecule has 0 fully saturated rings. The van der Waals surface area contributed by atoms with Crippen molar-refractivity contribution in [1.29, 1.82) is 5.26 Å². The highest BCUT2D eigenvalue weighted by Crippen LogP contribution is 2.29. The van der Waals surface area contributed by atoms with E-state index >= 15 is 0 Å². The van der Waals surface area contributed by atoms with Gasteiger partial charge in [-0.2, -0.15) is 5.26 Å². The molecule has 4 aromatic rings. The first kappa shape index (κ1) is 25.7. The van der Waals surface area contributed by atoms with Crippen molar-refractivity contribution in [3.8, 4) is 33.4 Å². The molecule has 0 aliphatic rings. The van der Waals surface area contributed by atoms with E-state index in [0.717, 1.165) is 28.8 Å². The van der Waals surface area contributed by atoms with E-state index in [-0.39, 0.29) is 17.6 Å². The lowest BCUT2D eigenvalue weighted by Crippen LogP contribution is -2.07. The molecule has 1 aromatic heterocycles. The molecule has 0 amide bonds. The molecule has 0 spiro atoms. The van der Waals surface area contributed by atoms with Crippen molar-refractivity contribution in [2.45, 2.75) is 32.1 Å². The maximum atomic E-state index is 14.6. The zero-order valence-corrected chi connectivity index (χ0v) is 21.4. The first-order valence-electron chi connectivity index (χ1n) is 11.6. The number of carbonyl (C=O) groups is 1. The summed E-state index contributed by atoms with van der Waals surface area (Å²) in [5.41, 5.74) is 2.94. The van der Waals surface area contributed by atoms with Crippen LogP contribution in [0.2, 0.25) is 0 Å². The summed E-state index contributed by atoms with van der Waals surface area (Å²) in [5.74, 6) is -0.463. The lowest BCUT2D eigenvalue weighted by molar-refractivity contribution is -0.134. The minimum atomic E-state index is -0.340.